The summed E-state index contributed by atoms with van der Waals surface area (Å²) < 4.78 is 16.6. The van der Waals surface area contributed by atoms with Crippen LogP contribution in [0.2, 0.25) is 0 Å². The minimum absolute atomic E-state index is 0.263. The lowest BCUT2D eigenvalue weighted by molar-refractivity contribution is -0.135. The quantitative estimate of drug-likeness (QED) is 0.306. The van der Waals surface area contributed by atoms with E-state index in [1.165, 1.54) is 5.01 Å². The van der Waals surface area contributed by atoms with E-state index in [0.717, 1.165) is 27.6 Å². The van der Waals surface area contributed by atoms with Gasteiger partial charge < -0.3 is 14.2 Å². The molecule has 4 aromatic rings. The van der Waals surface area contributed by atoms with Crippen LogP contribution in [0.5, 0.6) is 17.2 Å². The van der Waals surface area contributed by atoms with Crippen LogP contribution in [-0.2, 0) is 4.79 Å². The van der Waals surface area contributed by atoms with E-state index in [2.05, 4.69) is 18.2 Å². The molecule has 1 unspecified atom stereocenters. The molecular weight excluding hydrogens is 468 g/mol. The van der Waals surface area contributed by atoms with Crippen LogP contribution in [0.4, 0.5) is 0 Å². The number of aldehydes is 1. The molecule has 1 atom stereocenters. The predicted octanol–water partition coefficient (Wildman–Crippen LogP) is 5.43. The van der Waals surface area contributed by atoms with Gasteiger partial charge in [-0.15, -0.1) is 0 Å². The molecule has 0 radical (unpaired) electrons. The number of fused-ring (bicyclic) bond motifs is 1. The smallest absolute Gasteiger partial charge is 0.281 e. The molecule has 7 nitrogen and oxygen atoms in total. The molecule has 0 N–H and O–H groups in total. The number of benzene rings is 4. The lowest BCUT2D eigenvalue weighted by atomic mass is 9.95. The second kappa shape index (κ2) is 10.5. The van der Waals surface area contributed by atoms with E-state index in [1.807, 2.05) is 42.5 Å². The van der Waals surface area contributed by atoms with Gasteiger partial charge in [-0.1, -0.05) is 60.7 Å². The van der Waals surface area contributed by atoms with Gasteiger partial charge in [0.25, 0.3) is 5.91 Å². The van der Waals surface area contributed by atoms with Crippen molar-refractivity contribution < 1.29 is 23.8 Å². The molecule has 1 heterocycles. The molecule has 4 aromatic carbocycles. The first-order chi connectivity index (χ1) is 18.1. The Morgan fingerprint density at radius 2 is 1.68 bits per heavy atom. The fraction of sp³-hybridized carbons (Fsp3) is 0.167. The topological polar surface area (TPSA) is 77.4 Å². The molecule has 186 valence electrons. The van der Waals surface area contributed by atoms with Crippen molar-refractivity contribution >= 4 is 28.7 Å². The van der Waals surface area contributed by atoms with Crippen molar-refractivity contribution in [2.24, 2.45) is 5.10 Å². The zero-order valence-electron chi connectivity index (χ0n) is 20.6. The number of carbonyl (C=O) groups is 2. The third-order valence-electron chi connectivity index (χ3n) is 6.46. The Kier molecular flexibility index (Phi) is 6.85. The number of methoxy groups -OCH3 is 2. The van der Waals surface area contributed by atoms with Crippen LogP contribution in [0.25, 0.3) is 10.8 Å². The minimum Gasteiger partial charge on any atom is -0.493 e. The maximum absolute atomic E-state index is 13.5. The average Bonchev–Trinajstić information content (AvgIpc) is 3.40. The summed E-state index contributed by atoms with van der Waals surface area (Å²) in [6.45, 7) is -0.263. The molecule has 0 aromatic heterocycles. The number of nitrogens with zero attached hydrogens (tertiary/aromatic N) is 2. The van der Waals surface area contributed by atoms with Crippen LogP contribution in [0.15, 0.2) is 90.0 Å². The molecular formula is C30H26N2O5. The van der Waals surface area contributed by atoms with Crippen molar-refractivity contribution in [3.05, 3.63) is 102 Å². The Labute approximate surface area is 214 Å². The van der Waals surface area contributed by atoms with Gasteiger partial charge >= 0.3 is 0 Å². The molecule has 1 amide bonds. The second-order valence-corrected chi connectivity index (χ2v) is 8.59. The molecule has 0 spiro atoms. The van der Waals surface area contributed by atoms with E-state index in [1.54, 1.807) is 38.5 Å². The summed E-state index contributed by atoms with van der Waals surface area (Å²) in [6, 6.07) is 26.2. The van der Waals surface area contributed by atoms with Gasteiger partial charge in [0.1, 0.15) is 5.75 Å². The number of amides is 1. The fourth-order valence-electron chi connectivity index (χ4n) is 4.61. The second-order valence-electron chi connectivity index (χ2n) is 8.59. The van der Waals surface area contributed by atoms with Crippen LogP contribution in [0.1, 0.15) is 33.9 Å². The van der Waals surface area contributed by atoms with Crippen LogP contribution in [0, 0.1) is 0 Å². The predicted molar refractivity (Wildman–Crippen MR) is 142 cm³/mol. The van der Waals surface area contributed by atoms with Crippen molar-refractivity contribution in [3.8, 4) is 17.2 Å². The van der Waals surface area contributed by atoms with E-state index < -0.39 is 0 Å². The van der Waals surface area contributed by atoms with Gasteiger partial charge in [-0.3, -0.25) is 9.59 Å². The van der Waals surface area contributed by atoms with Gasteiger partial charge in [-0.05, 0) is 40.6 Å². The first-order valence-corrected chi connectivity index (χ1v) is 11.9. The molecule has 0 aliphatic carbocycles. The van der Waals surface area contributed by atoms with Crippen molar-refractivity contribution in [1.29, 1.82) is 0 Å². The number of carbonyl (C=O) groups excluding carboxylic acids is 2. The molecule has 1 aliphatic rings. The number of hydrazone groups is 1. The molecule has 37 heavy (non-hydrogen) atoms. The third kappa shape index (κ3) is 4.76. The number of hydrogen-bond acceptors (Lipinski definition) is 6. The van der Waals surface area contributed by atoms with Crippen LogP contribution in [-0.4, -0.2) is 43.7 Å². The molecule has 1 aliphatic heterocycles. The molecule has 0 fully saturated rings. The number of hydrogen-bond donors (Lipinski definition) is 0. The highest BCUT2D eigenvalue weighted by Crippen LogP contribution is 2.38. The maximum atomic E-state index is 13.5. The molecule has 5 rings (SSSR count). The van der Waals surface area contributed by atoms with Crippen LogP contribution >= 0.6 is 0 Å². The lowest BCUT2D eigenvalue weighted by Crippen LogP contribution is -2.31. The first kappa shape index (κ1) is 24.1. The number of ether oxygens (including phenoxy) is 3. The van der Waals surface area contributed by atoms with Crippen LogP contribution < -0.4 is 14.2 Å². The van der Waals surface area contributed by atoms with Gasteiger partial charge in [0.15, 0.2) is 24.4 Å². The summed E-state index contributed by atoms with van der Waals surface area (Å²) in [4.78, 5) is 24.8. The van der Waals surface area contributed by atoms with Gasteiger partial charge in [-0.25, -0.2) is 5.01 Å². The number of para-hydroxylation sites is 1. The van der Waals surface area contributed by atoms with Gasteiger partial charge in [0, 0.05) is 12.0 Å². The van der Waals surface area contributed by atoms with Gasteiger partial charge in [0.2, 0.25) is 0 Å². The molecule has 0 saturated heterocycles. The fourth-order valence-corrected chi connectivity index (χ4v) is 4.61. The monoisotopic (exact) mass is 494 g/mol. The zero-order valence-corrected chi connectivity index (χ0v) is 20.6. The Morgan fingerprint density at radius 3 is 2.49 bits per heavy atom. The van der Waals surface area contributed by atoms with E-state index >= 15 is 0 Å². The Hall–Kier alpha value is -4.65. The Bertz CT molecular complexity index is 1490. The van der Waals surface area contributed by atoms with Crippen molar-refractivity contribution in [1.82, 2.24) is 5.01 Å². The largest absolute Gasteiger partial charge is 0.493 e. The van der Waals surface area contributed by atoms with Gasteiger partial charge in [0.05, 0.1) is 31.5 Å². The number of rotatable bonds is 8. The summed E-state index contributed by atoms with van der Waals surface area (Å²) in [5.41, 5.74) is 3.02. The zero-order chi connectivity index (χ0) is 25.8. The molecule has 7 heteroatoms. The van der Waals surface area contributed by atoms with Crippen LogP contribution in [0.3, 0.4) is 0 Å². The van der Waals surface area contributed by atoms with Crippen molar-refractivity contribution in [2.45, 2.75) is 12.5 Å². The standard InChI is InChI=1S/C30H26N2O5/c1-35-28-15-14-21(16-29(28)36-2)26-17-25(24-12-7-10-20-8-3-5-11-23(20)24)31-32(26)30(34)19-37-27-13-6-4-9-22(27)18-33/h3-16,18,26H,17,19H2,1-2H3. The van der Waals surface area contributed by atoms with Gasteiger partial charge in [-0.2, -0.15) is 5.10 Å². The van der Waals surface area contributed by atoms with E-state index in [9.17, 15) is 9.59 Å². The summed E-state index contributed by atoms with van der Waals surface area (Å²) in [7, 11) is 3.16. The third-order valence-corrected chi connectivity index (χ3v) is 6.46. The van der Waals surface area contributed by atoms with E-state index in [0.29, 0.717) is 35.5 Å². The summed E-state index contributed by atoms with van der Waals surface area (Å²) >= 11 is 0. The molecule has 0 bridgehead atoms. The summed E-state index contributed by atoms with van der Waals surface area (Å²) in [5, 5.41) is 8.44. The Morgan fingerprint density at radius 1 is 0.919 bits per heavy atom. The van der Waals surface area contributed by atoms with Crippen molar-refractivity contribution in [3.63, 3.8) is 0 Å². The van der Waals surface area contributed by atoms with E-state index in [4.69, 9.17) is 19.3 Å². The van der Waals surface area contributed by atoms with Crippen molar-refractivity contribution in [2.75, 3.05) is 20.8 Å². The lowest BCUT2D eigenvalue weighted by Gasteiger charge is -2.23. The first-order valence-electron chi connectivity index (χ1n) is 11.9. The maximum Gasteiger partial charge on any atom is 0.281 e. The molecule has 0 saturated carbocycles. The minimum atomic E-state index is -0.369. The summed E-state index contributed by atoms with van der Waals surface area (Å²) in [6.07, 6.45) is 1.22. The highest BCUT2D eigenvalue weighted by atomic mass is 16.5. The summed E-state index contributed by atoms with van der Waals surface area (Å²) in [5.74, 6) is 1.20. The Balaban J connectivity index is 1.51. The normalized spacial score (nSPS) is 14.8. The average molecular weight is 495 g/mol. The van der Waals surface area contributed by atoms with E-state index in [-0.39, 0.29) is 18.6 Å². The highest BCUT2D eigenvalue weighted by Gasteiger charge is 2.34. The SMILES string of the molecule is COc1ccc(C2CC(c3cccc4ccccc34)=NN2C(=O)COc2ccccc2C=O)cc1OC. The highest BCUT2D eigenvalue weighted by molar-refractivity contribution is 6.12.